The highest BCUT2D eigenvalue weighted by atomic mass is 35.5. The van der Waals surface area contributed by atoms with Crippen molar-refractivity contribution in [3.05, 3.63) is 98.5 Å². The average molecular weight is 425 g/mol. The Morgan fingerprint density at radius 3 is 2.41 bits per heavy atom. The predicted octanol–water partition coefficient (Wildman–Crippen LogP) is 5.12. The Bertz CT molecular complexity index is 1300. The summed E-state index contributed by atoms with van der Waals surface area (Å²) < 4.78 is 1.74. The van der Waals surface area contributed by atoms with E-state index in [9.17, 15) is 14.7 Å². The number of rotatable bonds is 4. The summed E-state index contributed by atoms with van der Waals surface area (Å²) in [5, 5.41) is 10.7. The minimum atomic E-state index is -1.27. The van der Waals surface area contributed by atoms with Crippen LogP contribution in [-0.2, 0) is 6.54 Å². The number of halogens is 2. The molecule has 0 fully saturated rings. The molecule has 2 aromatic carbocycles. The molecule has 0 saturated heterocycles. The Morgan fingerprint density at radius 1 is 0.966 bits per heavy atom. The largest absolute Gasteiger partial charge is 0.477 e. The second-order valence-electron chi connectivity index (χ2n) is 6.52. The lowest BCUT2D eigenvalue weighted by molar-refractivity contribution is 0.0695. The van der Waals surface area contributed by atoms with Crippen LogP contribution < -0.4 is 5.43 Å². The van der Waals surface area contributed by atoms with Crippen LogP contribution in [0.2, 0.25) is 10.0 Å². The Balaban J connectivity index is 1.94. The second kappa shape index (κ2) is 7.70. The lowest BCUT2D eigenvalue weighted by Gasteiger charge is -2.14. The van der Waals surface area contributed by atoms with E-state index in [-0.39, 0.29) is 5.56 Å². The maximum absolute atomic E-state index is 12.7. The van der Waals surface area contributed by atoms with Crippen LogP contribution in [0.25, 0.3) is 22.0 Å². The van der Waals surface area contributed by atoms with Crippen molar-refractivity contribution in [1.29, 1.82) is 0 Å². The number of aromatic carboxylic acids is 1. The Labute approximate surface area is 175 Å². The molecule has 7 heteroatoms. The van der Waals surface area contributed by atoms with Gasteiger partial charge in [0.05, 0.1) is 15.6 Å². The summed E-state index contributed by atoms with van der Waals surface area (Å²) in [6, 6.07) is 14.3. The van der Waals surface area contributed by atoms with Crippen LogP contribution in [0.5, 0.6) is 0 Å². The predicted molar refractivity (Wildman–Crippen MR) is 114 cm³/mol. The normalized spacial score (nSPS) is 11.0. The number of aromatic nitrogens is 2. The first-order valence-electron chi connectivity index (χ1n) is 8.69. The van der Waals surface area contributed by atoms with Crippen LogP contribution in [0.1, 0.15) is 15.9 Å². The van der Waals surface area contributed by atoms with Gasteiger partial charge in [-0.05, 0) is 53.1 Å². The molecule has 5 nitrogen and oxygen atoms in total. The zero-order valence-electron chi connectivity index (χ0n) is 15.0. The molecule has 0 aliphatic carbocycles. The SMILES string of the molecule is O=C(O)c1cn(Cc2ccc(Cl)c(Cl)c2)c2cc(-c3ccncc3)ccc2c1=O. The minimum absolute atomic E-state index is 0.283. The molecule has 2 aromatic heterocycles. The number of fused-ring (bicyclic) bond motifs is 1. The Morgan fingerprint density at radius 2 is 1.72 bits per heavy atom. The van der Waals surface area contributed by atoms with Crippen LogP contribution in [0.15, 0.2) is 71.9 Å². The molecule has 0 atom stereocenters. The highest BCUT2D eigenvalue weighted by molar-refractivity contribution is 6.42. The third-order valence-corrected chi connectivity index (χ3v) is 5.40. The van der Waals surface area contributed by atoms with Gasteiger partial charge in [0.25, 0.3) is 0 Å². The van der Waals surface area contributed by atoms with Crippen molar-refractivity contribution < 1.29 is 9.90 Å². The Kier molecular flexibility index (Phi) is 5.09. The van der Waals surface area contributed by atoms with Crippen LogP contribution in [0.4, 0.5) is 0 Å². The zero-order valence-corrected chi connectivity index (χ0v) is 16.5. The molecule has 2 heterocycles. The highest BCUT2D eigenvalue weighted by Gasteiger charge is 2.16. The molecule has 144 valence electrons. The van der Waals surface area contributed by atoms with Gasteiger partial charge < -0.3 is 9.67 Å². The van der Waals surface area contributed by atoms with Gasteiger partial charge in [-0.1, -0.05) is 35.3 Å². The van der Waals surface area contributed by atoms with Gasteiger partial charge in [0, 0.05) is 30.5 Å². The van der Waals surface area contributed by atoms with E-state index in [0.29, 0.717) is 27.5 Å². The second-order valence-corrected chi connectivity index (χ2v) is 7.34. The molecule has 0 amide bonds. The van der Waals surface area contributed by atoms with Crippen LogP contribution in [-0.4, -0.2) is 20.6 Å². The fourth-order valence-electron chi connectivity index (χ4n) is 3.23. The molecular weight excluding hydrogens is 411 g/mol. The Hall–Kier alpha value is -3.15. The minimum Gasteiger partial charge on any atom is -0.477 e. The maximum atomic E-state index is 12.7. The summed E-state index contributed by atoms with van der Waals surface area (Å²) in [4.78, 5) is 28.3. The van der Waals surface area contributed by atoms with Gasteiger partial charge in [-0.25, -0.2) is 4.79 Å². The third kappa shape index (κ3) is 3.75. The van der Waals surface area contributed by atoms with Gasteiger partial charge in [-0.15, -0.1) is 0 Å². The molecular formula is C22H14Cl2N2O3. The molecule has 0 unspecified atom stereocenters. The van der Waals surface area contributed by atoms with Gasteiger partial charge in [0.1, 0.15) is 5.56 Å². The number of hydrogen-bond donors (Lipinski definition) is 1. The number of hydrogen-bond acceptors (Lipinski definition) is 3. The molecule has 0 aliphatic heterocycles. The van der Waals surface area contributed by atoms with Crippen molar-refractivity contribution in [2.24, 2.45) is 0 Å². The molecule has 0 bridgehead atoms. The maximum Gasteiger partial charge on any atom is 0.341 e. The number of carboxylic acids is 1. The quantitative estimate of drug-likeness (QED) is 0.493. The third-order valence-electron chi connectivity index (χ3n) is 4.66. The molecule has 0 saturated carbocycles. The summed E-state index contributed by atoms with van der Waals surface area (Å²) in [7, 11) is 0. The lowest BCUT2D eigenvalue weighted by Crippen LogP contribution is -2.19. The van der Waals surface area contributed by atoms with Gasteiger partial charge >= 0.3 is 5.97 Å². The summed E-state index contributed by atoms with van der Waals surface area (Å²) in [6.45, 7) is 0.327. The van der Waals surface area contributed by atoms with E-state index >= 15 is 0 Å². The van der Waals surface area contributed by atoms with Gasteiger partial charge in [0.15, 0.2) is 0 Å². The fraction of sp³-hybridized carbons (Fsp3) is 0.0455. The molecule has 4 rings (SSSR count). The van der Waals surface area contributed by atoms with Crippen molar-refractivity contribution in [2.75, 3.05) is 0 Å². The van der Waals surface area contributed by atoms with Gasteiger partial charge in [-0.3, -0.25) is 9.78 Å². The van der Waals surface area contributed by atoms with E-state index in [1.807, 2.05) is 24.3 Å². The topological polar surface area (TPSA) is 72.2 Å². The van der Waals surface area contributed by atoms with Crippen molar-refractivity contribution in [2.45, 2.75) is 6.54 Å². The first kappa shape index (κ1) is 19.2. The molecule has 1 N–H and O–H groups in total. The summed E-state index contributed by atoms with van der Waals surface area (Å²) in [6.07, 6.45) is 4.75. The van der Waals surface area contributed by atoms with Crippen molar-refractivity contribution >= 4 is 40.1 Å². The van der Waals surface area contributed by atoms with E-state index in [1.54, 1.807) is 41.2 Å². The van der Waals surface area contributed by atoms with Crippen LogP contribution in [0, 0.1) is 0 Å². The van der Waals surface area contributed by atoms with E-state index in [2.05, 4.69) is 4.98 Å². The molecule has 0 aliphatic rings. The monoisotopic (exact) mass is 424 g/mol. The van der Waals surface area contributed by atoms with Crippen molar-refractivity contribution in [3.8, 4) is 11.1 Å². The molecule has 29 heavy (non-hydrogen) atoms. The number of carboxylic acid groups (broad SMARTS) is 1. The average Bonchev–Trinajstić information content (AvgIpc) is 2.73. The first-order chi connectivity index (χ1) is 13.9. The summed E-state index contributed by atoms with van der Waals surface area (Å²) >= 11 is 12.1. The van der Waals surface area contributed by atoms with Gasteiger partial charge in [-0.2, -0.15) is 0 Å². The van der Waals surface area contributed by atoms with E-state index < -0.39 is 11.4 Å². The van der Waals surface area contributed by atoms with E-state index in [0.717, 1.165) is 16.7 Å². The van der Waals surface area contributed by atoms with Gasteiger partial charge in [0.2, 0.25) is 5.43 Å². The number of benzene rings is 2. The van der Waals surface area contributed by atoms with E-state index in [4.69, 9.17) is 23.2 Å². The molecule has 4 aromatic rings. The zero-order chi connectivity index (χ0) is 20.5. The summed E-state index contributed by atoms with van der Waals surface area (Å²) in [5.74, 6) is -1.27. The first-order valence-corrected chi connectivity index (χ1v) is 9.44. The van der Waals surface area contributed by atoms with Crippen molar-refractivity contribution in [3.63, 3.8) is 0 Å². The van der Waals surface area contributed by atoms with Crippen LogP contribution >= 0.6 is 23.2 Å². The van der Waals surface area contributed by atoms with E-state index in [1.165, 1.54) is 6.20 Å². The number of pyridine rings is 2. The molecule has 0 radical (unpaired) electrons. The lowest BCUT2D eigenvalue weighted by atomic mass is 10.0. The van der Waals surface area contributed by atoms with Crippen LogP contribution in [0.3, 0.4) is 0 Å². The standard InChI is InChI=1S/C22H14Cl2N2O3/c23-18-4-1-13(9-19(18)24)11-26-12-17(22(28)29)21(27)16-3-2-15(10-20(16)26)14-5-7-25-8-6-14/h1-10,12H,11H2,(H,28,29). The van der Waals surface area contributed by atoms with Crippen molar-refractivity contribution in [1.82, 2.24) is 9.55 Å². The number of carbonyl (C=O) groups is 1. The summed E-state index contributed by atoms with van der Waals surface area (Å²) in [5.41, 5.74) is 2.49. The number of nitrogens with zero attached hydrogens (tertiary/aromatic N) is 2. The highest BCUT2D eigenvalue weighted by Crippen LogP contribution is 2.26. The fourth-order valence-corrected chi connectivity index (χ4v) is 3.55. The molecule has 0 spiro atoms. The smallest absolute Gasteiger partial charge is 0.341 e.